The van der Waals surface area contributed by atoms with Gasteiger partial charge >= 0.3 is 11.9 Å². The highest BCUT2D eigenvalue weighted by molar-refractivity contribution is 14.1. The van der Waals surface area contributed by atoms with Gasteiger partial charge in [-0.3, -0.25) is 9.59 Å². The van der Waals surface area contributed by atoms with Crippen LogP contribution in [-0.2, 0) is 9.59 Å². The number of carboxylic acids is 2. The minimum Gasteiger partial charge on any atom is -0.481 e. The molecule has 0 saturated carbocycles. The number of allylic oxidation sites excluding steroid dienone is 1. The van der Waals surface area contributed by atoms with E-state index in [1.807, 2.05) is 6.08 Å². The second-order valence-corrected chi connectivity index (χ2v) is 6.29. The highest BCUT2D eigenvalue weighted by Gasteiger charge is 2.33. The molecule has 0 spiro atoms. The fourth-order valence-electron chi connectivity index (χ4n) is 2.42. The minimum absolute atomic E-state index is 0.270. The predicted molar refractivity (Wildman–Crippen MR) is 92.9 cm³/mol. The normalized spacial score (nSPS) is 12.3. The number of alkyl halides is 1. The number of aliphatic carboxylic acids is 2. The third kappa shape index (κ3) is 9.87. The maximum atomic E-state index is 11.0. The van der Waals surface area contributed by atoms with Crippen molar-refractivity contribution in [1.29, 1.82) is 0 Å². The van der Waals surface area contributed by atoms with E-state index >= 15 is 0 Å². The molecular weight excluding hydrogens is 383 g/mol. The summed E-state index contributed by atoms with van der Waals surface area (Å²) in [6.45, 7) is 3.70. The first-order chi connectivity index (χ1) is 10.0. The monoisotopic (exact) mass is 410 g/mol. The average molecular weight is 410 g/mol. The van der Waals surface area contributed by atoms with Gasteiger partial charge in [0.1, 0.15) is 0 Å². The van der Waals surface area contributed by atoms with Gasteiger partial charge in [0.25, 0.3) is 0 Å². The molecule has 0 rings (SSSR count). The second-order valence-electron chi connectivity index (χ2n) is 5.41. The number of carboxylic acid groups (broad SMARTS) is 2. The topological polar surface area (TPSA) is 74.6 Å². The standard InChI is InChI=1S/C16H27IO4/c1-2-3-4-5-6-7-8-9-10-11-13(12-17)14(15(18)19)16(20)21/h2,13-14H,1,3-12H2,(H,18,19)(H,20,21). The van der Waals surface area contributed by atoms with Crippen molar-refractivity contribution in [3.63, 3.8) is 0 Å². The summed E-state index contributed by atoms with van der Waals surface area (Å²) in [7, 11) is 0. The maximum absolute atomic E-state index is 11.0. The molecule has 122 valence electrons. The van der Waals surface area contributed by atoms with Crippen LogP contribution in [0.25, 0.3) is 0 Å². The molecular formula is C16H27IO4. The van der Waals surface area contributed by atoms with Gasteiger partial charge in [-0.1, -0.05) is 67.2 Å². The number of rotatable bonds is 14. The highest BCUT2D eigenvalue weighted by atomic mass is 127. The Labute approximate surface area is 141 Å². The molecule has 0 aliphatic rings. The largest absolute Gasteiger partial charge is 0.481 e. The number of halogens is 1. The Hall–Kier alpha value is -0.590. The molecule has 1 unspecified atom stereocenters. The molecule has 4 nitrogen and oxygen atoms in total. The van der Waals surface area contributed by atoms with Gasteiger partial charge in [-0.25, -0.2) is 0 Å². The van der Waals surface area contributed by atoms with Gasteiger partial charge < -0.3 is 10.2 Å². The van der Waals surface area contributed by atoms with Crippen LogP contribution >= 0.6 is 22.6 Å². The zero-order valence-electron chi connectivity index (χ0n) is 12.6. The van der Waals surface area contributed by atoms with E-state index in [-0.39, 0.29) is 5.92 Å². The van der Waals surface area contributed by atoms with Gasteiger partial charge in [-0.15, -0.1) is 6.58 Å². The van der Waals surface area contributed by atoms with Crippen molar-refractivity contribution in [2.45, 2.75) is 57.8 Å². The zero-order chi connectivity index (χ0) is 16.1. The summed E-state index contributed by atoms with van der Waals surface area (Å²) in [5, 5.41) is 18.0. The highest BCUT2D eigenvalue weighted by Crippen LogP contribution is 2.23. The summed E-state index contributed by atoms with van der Waals surface area (Å²) in [6.07, 6.45) is 11.7. The maximum Gasteiger partial charge on any atom is 0.318 e. The van der Waals surface area contributed by atoms with Gasteiger partial charge in [0.2, 0.25) is 0 Å². The Morgan fingerprint density at radius 1 is 0.952 bits per heavy atom. The first-order valence-electron chi connectivity index (χ1n) is 7.67. The Kier molecular flexibility index (Phi) is 12.7. The molecule has 0 aliphatic heterocycles. The van der Waals surface area contributed by atoms with Gasteiger partial charge in [-0.05, 0) is 25.2 Å². The quantitative estimate of drug-likeness (QED) is 0.145. The molecule has 0 aromatic heterocycles. The van der Waals surface area contributed by atoms with E-state index in [1.54, 1.807) is 0 Å². The summed E-state index contributed by atoms with van der Waals surface area (Å²) >= 11 is 2.08. The fraction of sp³-hybridized carbons (Fsp3) is 0.750. The van der Waals surface area contributed by atoms with E-state index in [0.717, 1.165) is 25.7 Å². The molecule has 0 amide bonds. The van der Waals surface area contributed by atoms with Crippen molar-refractivity contribution in [3.8, 4) is 0 Å². The van der Waals surface area contributed by atoms with E-state index in [4.69, 9.17) is 10.2 Å². The van der Waals surface area contributed by atoms with E-state index in [1.165, 1.54) is 25.7 Å². The summed E-state index contributed by atoms with van der Waals surface area (Å²) < 4.78 is 0.572. The van der Waals surface area contributed by atoms with Crippen LogP contribution in [0.5, 0.6) is 0 Å². The van der Waals surface area contributed by atoms with E-state index in [2.05, 4.69) is 29.2 Å². The molecule has 5 heteroatoms. The lowest BCUT2D eigenvalue weighted by atomic mass is 9.89. The molecule has 0 radical (unpaired) electrons. The number of unbranched alkanes of at least 4 members (excludes halogenated alkanes) is 7. The fourth-order valence-corrected chi connectivity index (χ4v) is 3.37. The summed E-state index contributed by atoms with van der Waals surface area (Å²) in [5.41, 5.74) is 0. The molecule has 0 aliphatic carbocycles. The molecule has 2 N–H and O–H groups in total. The van der Waals surface area contributed by atoms with Crippen molar-refractivity contribution in [3.05, 3.63) is 12.7 Å². The summed E-state index contributed by atoms with van der Waals surface area (Å²) in [5.74, 6) is -3.97. The van der Waals surface area contributed by atoms with E-state index in [0.29, 0.717) is 10.8 Å². The van der Waals surface area contributed by atoms with Crippen LogP contribution in [0.4, 0.5) is 0 Å². The molecule has 1 atom stereocenters. The van der Waals surface area contributed by atoms with Crippen LogP contribution in [0, 0.1) is 11.8 Å². The van der Waals surface area contributed by atoms with Gasteiger partial charge in [-0.2, -0.15) is 0 Å². The van der Waals surface area contributed by atoms with Crippen LogP contribution in [0.3, 0.4) is 0 Å². The zero-order valence-corrected chi connectivity index (χ0v) is 14.8. The van der Waals surface area contributed by atoms with Crippen LogP contribution in [0.1, 0.15) is 57.8 Å². The Bertz CT molecular complexity index is 303. The lowest BCUT2D eigenvalue weighted by molar-refractivity contribution is -0.156. The lowest BCUT2D eigenvalue weighted by Gasteiger charge is -2.18. The number of carbonyl (C=O) groups is 2. The van der Waals surface area contributed by atoms with Crippen molar-refractivity contribution in [2.24, 2.45) is 11.8 Å². The Balaban J connectivity index is 3.79. The van der Waals surface area contributed by atoms with Gasteiger partial charge in [0.05, 0.1) is 0 Å². The predicted octanol–water partition coefficient (Wildman–Crippen LogP) is 4.52. The molecule has 0 aromatic carbocycles. The van der Waals surface area contributed by atoms with Gasteiger partial charge in [0, 0.05) is 4.43 Å². The summed E-state index contributed by atoms with van der Waals surface area (Å²) in [4.78, 5) is 22.0. The molecule has 21 heavy (non-hydrogen) atoms. The number of hydrogen-bond acceptors (Lipinski definition) is 2. The molecule has 0 heterocycles. The minimum atomic E-state index is -1.26. The van der Waals surface area contributed by atoms with Crippen molar-refractivity contribution in [1.82, 2.24) is 0 Å². The molecule has 0 saturated heterocycles. The van der Waals surface area contributed by atoms with E-state index in [9.17, 15) is 9.59 Å². The lowest BCUT2D eigenvalue weighted by Crippen LogP contribution is -2.32. The van der Waals surface area contributed by atoms with Crippen LogP contribution in [0.15, 0.2) is 12.7 Å². The van der Waals surface area contributed by atoms with Crippen molar-refractivity contribution >= 4 is 34.5 Å². The van der Waals surface area contributed by atoms with E-state index < -0.39 is 17.9 Å². The SMILES string of the molecule is C=CCCCCCCCCCC(CI)C(C(=O)O)C(=O)O. The van der Waals surface area contributed by atoms with Crippen molar-refractivity contribution in [2.75, 3.05) is 4.43 Å². The first-order valence-corrected chi connectivity index (χ1v) is 9.19. The summed E-state index contributed by atoms with van der Waals surface area (Å²) in [6, 6.07) is 0. The molecule has 0 fully saturated rings. The second kappa shape index (κ2) is 13.1. The third-order valence-corrected chi connectivity index (χ3v) is 4.82. The van der Waals surface area contributed by atoms with Crippen LogP contribution in [-0.4, -0.2) is 26.6 Å². The Morgan fingerprint density at radius 2 is 1.43 bits per heavy atom. The van der Waals surface area contributed by atoms with Gasteiger partial charge in [0.15, 0.2) is 5.92 Å². The number of hydrogen-bond donors (Lipinski definition) is 2. The smallest absolute Gasteiger partial charge is 0.318 e. The molecule has 0 bridgehead atoms. The van der Waals surface area contributed by atoms with Crippen LogP contribution < -0.4 is 0 Å². The van der Waals surface area contributed by atoms with Crippen molar-refractivity contribution < 1.29 is 19.8 Å². The molecule has 0 aromatic rings. The Morgan fingerprint density at radius 3 is 1.86 bits per heavy atom. The average Bonchev–Trinajstić information content (AvgIpc) is 2.43. The first kappa shape index (κ1) is 20.4. The third-order valence-electron chi connectivity index (χ3n) is 3.68. The van der Waals surface area contributed by atoms with Crippen LogP contribution in [0.2, 0.25) is 0 Å².